The van der Waals surface area contributed by atoms with Crippen molar-refractivity contribution >= 4 is 16.3 Å². The van der Waals surface area contributed by atoms with Gasteiger partial charge in [-0.3, -0.25) is 0 Å². The van der Waals surface area contributed by atoms with E-state index < -0.39 is 0 Å². The Labute approximate surface area is 166 Å². The van der Waals surface area contributed by atoms with E-state index in [0.717, 1.165) is 21.6 Å². The maximum Gasteiger partial charge on any atom is 0.438 e. The molecule has 0 fully saturated rings. The zero-order valence-electron chi connectivity index (χ0n) is 15.8. The van der Waals surface area contributed by atoms with E-state index in [1.54, 1.807) is 11.3 Å². The molecule has 3 aromatic rings. The molecular weight excluding hydrogens is 364 g/mol. The summed E-state index contributed by atoms with van der Waals surface area (Å²) in [4.78, 5) is 0. The minimum Gasteiger partial charge on any atom is -1.00 e. The molecule has 0 aliphatic heterocycles. The molecule has 0 amide bonds. The number of benzene rings is 2. The lowest BCUT2D eigenvalue weighted by Crippen LogP contribution is -3.00. The Hall–Kier alpha value is -2.04. The number of thiazole rings is 1. The average Bonchev–Trinajstić information content (AvgIpc) is 2.84. The summed E-state index contributed by atoms with van der Waals surface area (Å²) in [6.07, 6.45) is 0. The van der Waals surface area contributed by atoms with Crippen LogP contribution in [0.5, 0.6) is 10.9 Å². The molecule has 1 N–H and O–H groups in total. The lowest BCUT2D eigenvalue weighted by Gasteiger charge is -2.20. The molecule has 0 aliphatic carbocycles. The van der Waals surface area contributed by atoms with Crippen molar-refractivity contribution in [3.8, 4) is 22.2 Å². The Morgan fingerprint density at radius 3 is 2.15 bits per heavy atom. The molecule has 0 bridgehead atoms. The van der Waals surface area contributed by atoms with E-state index in [2.05, 4.69) is 81.0 Å². The molecule has 0 radical (unpaired) electrons. The topological polar surface area (TPSA) is 25.1 Å². The Kier molecular flexibility index (Phi) is 6.32. The van der Waals surface area contributed by atoms with Gasteiger partial charge in [-0.25, -0.2) is 0 Å². The molecule has 3 rings (SSSR count). The monoisotopic (exact) mass is 388 g/mol. The third kappa shape index (κ3) is 4.77. The largest absolute Gasteiger partial charge is 1.00 e. The van der Waals surface area contributed by atoms with Crippen molar-refractivity contribution in [2.45, 2.75) is 33.2 Å². The summed E-state index contributed by atoms with van der Waals surface area (Å²) in [6.45, 7) is 8.58. The minimum atomic E-state index is -0.0253. The first-order valence-electron chi connectivity index (χ1n) is 8.44. The third-order valence-electron chi connectivity index (χ3n) is 3.78. The molecule has 0 aliphatic rings. The highest BCUT2D eigenvalue weighted by atomic mass is 35.5. The van der Waals surface area contributed by atoms with Crippen LogP contribution in [0.15, 0.2) is 54.6 Å². The van der Waals surface area contributed by atoms with Crippen molar-refractivity contribution in [1.29, 1.82) is 0 Å². The van der Waals surface area contributed by atoms with Gasteiger partial charge in [-0.2, -0.15) is 0 Å². The van der Waals surface area contributed by atoms with Crippen LogP contribution in [0.25, 0.3) is 11.3 Å². The molecule has 0 atom stereocenters. The highest BCUT2D eigenvalue weighted by molar-refractivity contribution is 7.17. The fourth-order valence-electron chi connectivity index (χ4n) is 2.59. The highest BCUT2D eigenvalue weighted by Gasteiger charge is 2.29. The van der Waals surface area contributed by atoms with Crippen LogP contribution in [0.4, 0.5) is 5.00 Å². The van der Waals surface area contributed by atoms with Gasteiger partial charge in [-0.15, -0.1) is 4.57 Å². The van der Waals surface area contributed by atoms with Gasteiger partial charge in [0.2, 0.25) is 5.69 Å². The number of halogens is 1. The number of aromatic nitrogens is 1. The second-order valence-corrected chi connectivity index (χ2v) is 8.22. The van der Waals surface area contributed by atoms with Crippen LogP contribution in [-0.2, 0) is 7.05 Å². The van der Waals surface area contributed by atoms with E-state index in [-0.39, 0.29) is 17.9 Å². The second-order valence-electron chi connectivity index (χ2n) is 7.26. The van der Waals surface area contributed by atoms with Gasteiger partial charge in [0.15, 0.2) is 5.00 Å². The van der Waals surface area contributed by atoms with Crippen LogP contribution in [0.3, 0.4) is 0 Å². The number of nitrogens with one attached hydrogen (secondary N) is 1. The quantitative estimate of drug-likeness (QED) is 0.695. The van der Waals surface area contributed by atoms with Crippen LogP contribution in [0.1, 0.15) is 26.3 Å². The maximum atomic E-state index is 6.16. The standard InChI is InChI=1S/C21H25N2OS.ClH/c1-15-11-13-17(14-12-15)24-20-23(5)18(16-9-7-6-8-10-16)19(25-20)22-21(2,3)4;/h6-14,22H,1-5H3;1H/q+1;/p-1. The summed E-state index contributed by atoms with van der Waals surface area (Å²) >= 11 is 1.64. The summed E-state index contributed by atoms with van der Waals surface area (Å²) in [6, 6.07) is 18.6. The van der Waals surface area contributed by atoms with Gasteiger partial charge in [0.05, 0.1) is 0 Å². The van der Waals surface area contributed by atoms with Crippen molar-refractivity contribution < 1.29 is 21.7 Å². The van der Waals surface area contributed by atoms with E-state index in [1.807, 2.05) is 18.2 Å². The fraction of sp³-hybridized carbons (Fsp3) is 0.286. The number of hydrogen-bond acceptors (Lipinski definition) is 3. The van der Waals surface area contributed by atoms with E-state index in [0.29, 0.717) is 0 Å². The van der Waals surface area contributed by atoms with Gasteiger partial charge < -0.3 is 22.5 Å². The average molecular weight is 389 g/mol. The van der Waals surface area contributed by atoms with Gasteiger partial charge in [0, 0.05) is 11.1 Å². The SMILES string of the molecule is Cc1ccc(Oc2sc(NC(C)(C)C)c(-c3ccccc3)[n+]2C)cc1.[Cl-]. The Morgan fingerprint density at radius 1 is 0.962 bits per heavy atom. The molecule has 5 heteroatoms. The summed E-state index contributed by atoms with van der Waals surface area (Å²) in [5, 5.41) is 5.59. The van der Waals surface area contributed by atoms with E-state index >= 15 is 0 Å². The lowest BCUT2D eigenvalue weighted by molar-refractivity contribution is -0.659. The predicted octanol–water partition coefficient (Wildman–Crippen LogP) is 2.55. The van der Waals surface area contributed by atoms with Crippen molar-refractivity contribution in [1.82, 2.24) is 0 Å². The molecule has 0 spiro atoms. The zero-order valence-corrected chi connectivity index (χ0v) is 17.4. The van der Waals surface area contributed by atoms with E-state index in [1.165, 1.54) is 11.1 Å². The first-order valence-corrected chi connectivity index (χ1v) is 9.26. The van der Waals surface area contributed by atoms with Crippen LogP contribution in [0.2, 0.25) is 0 Å². The third-order valence-corrected chi connectivity index (χ3v) is 4.81. The number of aryl methyl sites for hydroxylation is 1. The number of ether oxygens (including phenoxy) is 1. The Balaban J connectivity index is 0.00000243. The van der Waals surface area contributed by atoms with Gasteiger partial charge in [0.25, 0.3) is 0 Å². The van der Waals surface area contributed by atoms with Crippen molar-refractivity contribution in [2.24, 2.45) is 7.05 Å². The number of nitrogens with zero attached hydrogens (tertiary/aromatic N) is 1. The van der Waals surface area contributed by atoms with Gasteiger partial charge in [-0.1, -0.05) is 35.9 Å². The molecule has 0 saturated heterocycles. The number of rotatable bonds is 4. The normalized spacial score (nSPS) is 11.0. The number of hydrogen-bond donors (Lipinski definition) is 1. The summed E-state index contributed by atoms with van der Waals surface area (Å²) in [7, 11) is 2.05. The lowest BCUT2D eigenvalue weighted by atomic mass is 10.1. The predicted molar refractivity (Wildman–Crippen MR) is 106 cm³/mol. The Bertz CT molecular complexity index is 852. The molecule has 1 heterocycles. The van der Waals surface area contributed by atoms with Crippen molar-refractivity contribution in [3.63, 3.8) is 0 Å². The molecule has 0 unspecified atom stereocenters. The van der Waals surface area contributed by atoms with Crippen molar-refractivity contribution in [2.75, 3.05) is 5.32 Å². The van der Waals surface area contributed by atoms with Crippen LogP contribution < -0.4 is 27.0 Å². The summed E-state index contributed by atoms with van der Waals surface area (Å²) < 4.78 is 8.28. The summed E-state index contributed by atoms with van der Waals surface area (Å²) in [5.74, 6) is 0.851. The van der Waals surface area contributed by atoms with E-state index in [4.69, 9.17) is 4.74 Å². The minimum absolute atomic E-state index is 0. The van der Waals surface area contributed by atoms with Crippen LogP contribution in [0, 0.1) is 6.92 Å². The molecular formula is C21H25ClN2OS. The fourth-order valence-corrected chi connectivity index (χ4v) is 3.84. The van der Waals surface area contributed by atoms with Gasteiger partial charge >= 0.3 is 5.19 Å². The first-order chi connectivity index (χ1) is 11.8. The number of anilines is 1. The van der Waals surface area contributed by atoms with Gasteiger partial charge in [-0.05, 0) is 63.3 Å². The summed E-state index contributed by atoms with van der Waals surface area (Å²) in [5.41, 5.74) is 3.51. The maximum absolute atomic E-state index is 6.16. The smallest absolute Gasteiger partial charge is 0.438 e. The Morgan fingerprint density at radius 2 is 1.58 bits per heavy atom. The molecule has 3 nitrogen and oxygen atoms in total. The molecule has 2 aromatic carbocycles. The molecule has 26 heavy (non-hydrogen) atoms. The molecule has 138 valence electrons. The second kappa shape index (κ2) is 8.11. The molecule has 1 aromatic heterocycles. The first kappa shape index (κ1) is 20.3. The highest BCUT2D eigenvalue weighted by Crippen LogP contribution is 2.38. The van der Waals surface area contributed by atoms with E-state index in [9.17, 15) is 0 Å². The van der Waals surface area contributed by atoms with Crippen LogP contribution >= 0.6 is 11.3 Å². The van der Waals surface area contributed by atoms with Crippen molar-refractivity contribution in [3.05, 3.63) is 60.2 Å². The zero-order chi connectivity index (χ0) is 18.0. The molecule has 0 saturated carbocycles. The van der Waals surface area contributed by atoms with Crippen LogP contribution in [-0.4, -0.2) is 5.54 Å². The van der Waals surface area contributed by atoms with Gasteiger partial charge in [0.1, 0.15) is 12.8 Å².